The van der Waals surface area contributed by atoms with Gasteiger partial charge in [0.1, 0.15) is 10.8 Å². The smallest absolute Gasteiger partial charge is 0.214 e. The highest BCUT2D eigenvalue weighted by Gasteiger charge is 2.08. The molecule has 0 bridgehead atoms. The Morgan fingerprint density at radius 3 is 2.55 bits per heavy atom. The predicted octanol–water partition coefficient (Wildman–Crippen LogP) is 2.74. The Kier molecular flexibility index (Phi) is 5.54. The van der Waals surface area contributed by atoms with Gasteiger partial charge in [-0.2, -0.15) is 0 Å². The summed E-state index contributed by atoms with van der Waals surface area (Å²) in [5.41, 5.74) is 2.05. The molecule has 0 amide bonds. The Labute approximate surface area is 135 Å². The summed E-state index contributed by atoms with van der Waals surface area (Å²) in [5, 5.41) is 9.59. The van der Waals surface area contributed by atoms with Gasteiger partial charge in [-0.25, -0.2) is 9.97 Å². The number of nitrogens with one attached hydrogen (secondary N) is 2. The van der Waals surface area contributed by atoms with Gasteiger partial charge in [-0.3, -0.25) is 4.99 Å². The van der Waals surface area contributed by atoms with Crippen LogP contribution in [0, 0.1) is 13.8 Å². The van der Waals surface area contributed by atoms with Crippen molar-refractivity contribution in [3.05, 3.63) is 33.4 Å². The van der Waals surface area contributed by atoms with Crippen LogP contribution in [-0.2, 0) is 13.1 Å². The first-order valence-electron chi connectivity index (χ1n) is 7.31. The molecule has 0 saturated heterocycles. The molecule has 0 aromatic carbocycles. The highest BCUT2D eigenvalue weighted by atomic mass is 32.1. The molecule has 0 aliphatic rings. The van der Waals surface area contributed by atoms with Gasteiger partial charge in [-0.15, -0.1) is 11.3 Å². The van der Waals surface area contributed by atoms with Crippen molar-refractivity contribution < 1.29 is 4.42 Å². The lowest BCUT2D eigenvalue weighted by Crippen LogP contribution is -2.36. The van der Waals surface area contributed by atoms with Gasteiger partial charge in [0.05, 0.1) is 24.5 Å². The molecule has 6 nitrogen and oxygen atoms in total. The molecule has 7 heteroatoms. The third-order valence-corrected chi connectivity index (χ3v) is 4.14. The van der Waals surface area contributed by atoms with Gasteiger partial charge in [0, 0.05) is 12.4 Å². The van der Waals surface area contributed by atoms with Crippen LogP contribution in [0.25, 0.3) is 0 Å². The van der Waals surface area contributed by atoms with Crippen molar-refractivity contribution in [1.29, 1.82) is 0 Å². The lowest BCUT2D eigenvalue weighted by Gasteiger charge is -2.09. The zero-order valence-electron chi connectivity index (χ0n) is 13.7. The Bertz CT molecular complexity index is 625. The molecule has 0 unspecified atom stereocenters. The highest BCUT2D eigenvalue weighted by Crippen LogP contribution is 2.17. The van der Waals surface area contributed by atoms with Crippen molar-refractivity contribution in [2.45, 2.75) is 46.7 Å². The van der Waals surface area contributed by atoms with Gasteiger partial charge in [0.25, 0.3) is 0 Å². The van der Waals surface area contributed by atoms with Gasteiger partial charge in [0.15, 0.2) is 5.96 Å². The molecular formula is C15H23N5OS. The number of aryl methyl sites for hydroxylation is 2. The summed E-state index contributed by atoms with van der Waals surface area (Å²) in [5.74, 6) is 2.67. The normalized spacial score (nSPS) is 12.0. The fourth-order valence-electron chi connectivity index (χ4n) is 1.83. The summed E-state index contributed by atoms with van der Waals surface area (Å²) in [4.78, 5) is 13.1. The van der Waals surface area contributed by atoms with Crippen LogP contribution in [0.3, 0.4) is 0 Å². The van der Waals surface area contributed by atoms with E-state index in [4.69, 9.17) is 4.42 Å². The highest BCUT2D eigenvalue weighted by molar-refractivity contribution is 7.09. The van der Waals surface area contributed by atoms with Crippen LogP contribution >= 0.6 is 11.3 Å². The predicted molar refractivity (Wildman–Crippen MR) is 89.2 cm³/mol. The lowest BCUT2D eigenvalue weighted by atomic mass is 10.2. The Morgan fingerprint density at radius 2 is 2.00 bits per heavy atom. The van der Waals surface area contributed by atoms with Crippen LogP contribution < -0.4 is 10.6 Å². The summed E-state index contributed by atoms with van der Waals surface area (Å²) < 4.78 is 5.53. The fraction of sp³-hybridized carbons (Fsp3) is 0.533. The summed E-state index contributed by atoms with van der Waals surface area (Å²) in [7, 11) is 1.74. The lowest BCUT2D eigenvalue weighted by molar-refractivity contribution is 0.463. The van der Waals surface area contributed by atoms with Crippen LogP contribution in [0.15, 0.2) is 14.8 Å². The van der Waals surface area contributed by atoms with Gasteiger partial charge in [-0.1, -0.05) is 13.8 Å². The molecular weight excluding hydrogens is 298 g/mol. The molecule has 0 radical (unpaired) electrons. The summed E-state index contributed by atoms with van der Waals surface area (Å²) in [6, 6.07) is 0. The molecule has 120 valence electrons. The second kappa shape index (κ2) is 7.40. The third-order valence-electron chi connectivity index (χ3n) is 3.27. The van der Waals surface area contributed by atoms with Crippen molar-refractivity contribution in [3.8, 4) is 0 Å². The van der Waals surface area contributed by atoms with E-state index in [9.17, 15) is 0 Å². The maximum Gasteiger partial charge on any atom is 0.214 e. The van der Waals surface area contributed by atoms with E-state index in [-0.39, 0.29) is 0 Å². The van der Waals surface area contributed by atoms with Crippen LogP contribution in [-0.4, -0.2) is 23.0 Å². The average Bonchev–Trinajstić information content (AvgIpc) is 3.07. The zero-order valence-corrected chi connectivity index (χ0v) is 14.5. The van der Waals surface area contributed by atoms with E-state index in [0.29, 0.717) is 30.9 Å². The molecule has 2 rings (SSSR count). The Balaban J connectivity index is 1.84. The number of rotatable bonds is 5. The molecule has 2 aromatic rings. The molecule has 0 aliphatic heterocycles. The van der Waals surface area contributed by atoms with E-state index < -0.39 is 0 Å². The molecule has 0 aliphatic carbocycles. The quantitative estimate of drug-likeness (QED) is 0.654. The molecule has 2 heterocycles. The second-order valence-electron chi connectivity index (χ2n) is 5.35. The molecule has 0 spiro atoms. The van der Waals surface area contributed by atoms with Crippen molar-refractivity contribution in [3.63, 3.8) is 0 Å². The van der Waals surface area contributed by atoms with E-state index >= 15 is 0 Å². The summed E-state index contributed by atoms with van der Waals surface area (Å²) in [6.07, 6.45) is 0. The summed E-state index contributed by atoms with van der Waals surface area (Å²) >= 11 is 1.66. The van der Waals surface area contributed by atoms with Crippen LogP contribution in [0.5, 0.6) is 0 Å². The number of nitrogens with zero attached hydrogens (tertiary/aromatic N) is 3. The average molecular weight is 321 g/mol. The SMILES string of the molecule is CN=C(NCc1nc(C)c(C)o1)NCc1nc(C(C)C)cs1. The van der Waals surface area contributed by atoms with Gasteiger partial charge in [0.2, 0.25) is 5.89 Å². The largest absolute Gasteiger partial charge is 0.444 e. The van der Waals surface area contributed by atoms with Crippen molar-refractivity contribution in [2.75, 3.05) is 7.05 Å². The number of aliphatic imine (C=N–C) groups is 1. The minimum absolute atomic E-state index is 0.457. The van der Waals surface area contributed by atoms with E-state index in [0.717, 1.165) is 22.2 Å². The van der Waals surface area contributed by atoms with Crippen LogP contribution in [0.2, 0.25) is 0 Å². The molecule has 0 saturated carbocycles. The molecule has 2 aromatic heterocycles. The first kappa shape index (κ1) is 16.5. The van der Waals surface area contributed by atoms with Gasteiger partial charge in [-0.05, 0) is 19.8 Å². The number of thiazole rings is 1. The third kappa shape index (κ3) is 4.30. The van der Waals surface area contributed by atoms with Gasteiger partial charge >= 0.3 is 0 Å². The second-order valence-corrected chi connectivity index (χ2v) is 6.29. The number of hydrogen-bond acceptors (Lipinski definition) is 5. The minimum Gasteiger partial charge on any atom is -0.444 e. The molecule has 0 fully saturated rings. The Morgan fingerprint density at radius 1 is 1.27 bits per heavy atom. The number of oxazole rings is 1. The fourth-order valence-corrected chi connectivity index (χ4v) is 2.72. The first-order valence-corrected chi connectivity index (χ1v) is 8.19. The maximum absolute atomic E-state index is 5.53. The van der Waals surface area contributed by atoms with E-state index in [1.807, 2.05) is 13.8 Å². The van der Waals surface area contributed by atoms with Crippen molar-refractivity contribution in [1.82, 2.24) is 20.6 Å². The van der Waals surface area contributed by atoms with Crippen LogP contribution in [0.4, 0.5) is 0 Å². The van der Waals surface area contributed by atoms with E-state index in [2.05, 4.69) is 44.8 Å². The summed E-state index contributed by atoms with van der Waals surface area (Å²) in [6.45, 7) is 9.29. The number of hydrogen-bond donors (Lipinski definition) is 2. The molecule has 22 heavy (non-hydrogen) atoms. The van der Waals surface area contributed by atoms with Gasteiger partial charge < -0.3 is 15.1 Å². The van der Waals surface area contributed by atoms with E-state index in [1.54, 1.807) is 18.4 Å². The van der Waals surface area contributed by atoms with Crippen molar-refractivity contribution >= 4 is 17.3 Å². The monoisotopic (exact) mass is 321 g/mol. The molecule has 0 atom stereocenters. The molecule has 2 N–H and O–H groups in total. The number of guanidine groups is 1. The van der Waals surface area contributed by atoms with Crippen molar-refractivity contribution in [2.24, 2.45) is 4.99 Å². The maximum atomic E-state index is 5.53. The Hall–Kier alpha value is -1.89. The minimum atomic E-state index is 0.457. The topological polar surface area (TPSA) is 75.3 Å². The number of aromatic nitrogens is 2. The first-order chi connectivity index (χ1) is 10.5. The zero-order chi connectivity index (χ0) is 16.1. The van der Waals surface area contributed by atoms with Crippen LogP contribution in [0.1, 0.15) is 47.8 Å². The standard InChI is InChI=1S/C15H23N5OS/c1-9(2)12-8-22-14(20-12)7-18-15(16-5)17-6-13-19-10(3)11(4)21-13/h8-9H,6-7H2,1-5H3,(H2,16,17,18). The van der Waals surface area contributed by atoms with E-state index in [1.165, 1.54) is 0 Å².